The smallest absolute Gasteiger partial charge is 0.186 e. The van der Waals surface area contributed by atoms with Crippen molar-refractivity contribution in [3.8, 4) is 0 Å². The Kier molecular flexibility index (Phi) is 5.09. The molecule has 3 heteroatoms. The number of hydrogen-bond acceptors (Lipinski definition) is 2. The van der Waals surface area contributed by atoms with E-state index in [0.717, 1.165) is 11.0 Å². The zero-order chi connectivity index (χ0) is 9.61. The summed E-state index contributed by atoms with van der Waals surface area (Å²) in [5, 5.41) is 8.51. The molecule has 0 aromatic heterocycles. The molecule has 1 N–H and O–H groups in total. The number of hydrogen-bond donors (Lipinski definition) is 1. The van der Waals surface area contributed by atoms with Gasteiger partial charge in [-0.2, -0.15) is 0 Å². The summed E-state index contributed by atoms with van der Waals surface area (Å²) in [6.45, 7) is 3.73. The van der Waals surface area contributed by atoms with Gasteiger partial charge in [0.25, 0.3) is 0 Å². The summed E-state index contributed by atoms with van der Waals surface area (Å²) in [5.41, 5.74) is 0. The average molecular weight is 174 g/mol. The Labute approximate surface area is 74.6 Å². The van der Waals surface area contributed by atoms with Crippen molar-refractivity contribution in [3.05, 3.63) is 0 Å². The molecule has 0 radical (unpaired) electrons. The van der Waals surface area contributed by atoms with E-state index in [9.17, 15) is 4.79 Å². The lowest BCUT2D eigenvalue weighted by Gasteiger charge is -2.27. The minimum atomic E-state index is 0.116. The maximum atomic E-state index is 11.2. The van der Waals surface area contributed by atoms with Gasteiger partial charge in [-0.05, 0) is 13.3 Å². The quantitative estimate of drug-likeness (QED) is 0.593. The third-order valence-corrected chi connectivity index (χ3v) is 2.07. The van der Waals surface area contributed by atoms with Gasteiger partial charge in [-0.3, -0.25) is 4.79 Å². The average Bonchev–Trinajstić information content (AvgIpc) is 2.00. The third kappa shape index (κ3) is 5.27. The first-order valence-corrected chi connectivity index (χ1v) is 4.46. The standard InChI is InChI=1S/C9H20NO2/c1-4-10(2,3)8-9(12)6-5-7-11/h11H,4-8H2,1-3H3/q+1. The largest absolute Gasteiger partial charge is 0.396 e. The molecule has 72 valence electrons. The van der Waals surface area contributed by atoms with Gasteiger partial charge in [0.15, 0.2) is 5.78 Å². The van der Waals surface area contributed by atoms with E-state index in [1.807, 2.05) is 14.1 Å². The van der Waals surface area contributed by atoms with Crippen molar-refractivity contribution < 1.29 is 14.4 Å². The molecule has 0 bridgehead atoms. The molecule has 0 aliphatic heterocycles. The van der Waals surface area contributed by atoms with E-state index < -0.39 is 0 Å². The van der Waals surface area contributed by atoms with Crippen molar-refractivity contribution in [2.24, 2.45) is 0 Å². The fourth-order valence-electron chi connectivity index (χ4n) is 0.944. The maximum Gasteiger partial charge on any atom is 0.186 e. The number of quaternary nitrogens is 1. The Morgan fingerprint density at radius 1 is 1.42 bits per heavy atom. The first-order chi connectivity index (χ1) is 5.52. The fourth-order valence-corrected chi connectivity index (χ4v) is 0.944. The van der Waals surface area contributed by atoms with E-state index in [-0.39, 0.29) is 12.4 Å². The number of aliphatic hydroxyl groups excluding tert-OH is 1. The second-order valence-corrected chi connectivity index (χ2v) is 3.78. The molecule has 0 spiro atoms. The Morgan fingerprint density at radius 3 is 2.42 bits per heavy atom. The van der Waals surface area contributed by atoms with Gasteiger partial charge in [-0.1, -0.05) is 0 Å². The van der Waals surface area contributed by atoms with Crippen LogP contribution in [0.5, 0.6) is 0 Å². The molecule has 0 heterocycles. The second kappa shape index (κ2) is 5.27. The highest BCUT2D eigenvalue weighted by Crippen LogP contribution is 1.99. The van der Waals surface area contributed by atoms with Crippen LogP contribution in [0.15, 0.2) is 0 Å². The lowest BCUT2D eigenvalue weighted by molar-refractivity contribution is -0.880. The summed E-state index contributed by atoms with van der Waals surface area (Å²) < 4.78 is 0.740. The summed E-state index contributed by atoms with van der Waals surface area (Å²) in [6.07, 6.45) is 1.11. The van der Waals surface area contributed by atoms with Crippen LogP contribution in [0.3, 0.4) is 0 Å². The molecule has 0 saturated heterocycles. The van der Waals surface area contributed by atoms with Gasteiger partial charge in [-0.25, -0.2) is 0 Å². The molecule has 0 atom stereocenters. The predicted octanol–water partition coefficient (Wildman–Crippen LogP) is 0.424. The second-order valence-electron chi connectivity index (χ2n) is 3.78. The van der Waals surface area contributed by atoms with E-state index in [0.29, 0.717) is 19.4 Å². The lowest BCUT2D eigenvalue weighted by atomic mass is 10.2. The van der Waals surface area contributed by atoms with Crippen molar-refractivity contribution in [2.75, 3.05) is 33.8 Å². The number of Topliss-reactive ketones (excluding diaryl/α,β-unsaturated/α-hetero) is 1. The van der Waals surface area contributed by atoms with Gasteiger partial charge in [0, 0.05) is 13.0 Å². The van der Waals surface area contributed by atoms with Crippen LogP contribution in [-0.4, -0.2) is 49.2 Å². The molecule has 0 saturated carbocycles. The van der Waals surface area contributed by atoms with Crippen LogP contribution < -0.4 is 0 Å². The summed E-state index contributed by atoms with van der Waals surface area (Å²) in [4.78, 5) is 11.2. The first-order valence-electron chi connectivity index (χ1n) is 4.46. The normalized spacial score (nSPS) is 11.7. The molecule has 0 aromatic carbocycles. The molecular formula is C9H20NO2+. The van der Waals surface area contributed by atoms with E-state index in [1.165, 1.54) is 0 Å². The summed E-state index contributed by atoms with van der Waals surface area (Å²) >= 11 is 0. The predicted molar refractivity (Wildman–Crippen MR) is 48.8 cm³/mol. The minimum Gasteiger partial charge on any atom is -0.396 e. The molecule has 12 heavy (non-hydrogen) atoms. The molecule has 0 aliphatic rings. The highest BCUT2D eigenvalue weighted by molar-refractivity contribution is 5.79. The van der Waals surface area contributed by atoms with Gasteiger partial charge < -0.3 is 9.59 Å². The van der Waals surface area contributed by atoms with Crippen molar-refractivity contribution in [3.63, 3.8) is 0 Å². The zero-order valence-electron chi connectivity index (χ0n) is 8.34. The topological polar surface area (TPSA) is 37.3 Å². The molecular weight excluding hydrogens is 154 g/mol. The van der Waals surface area contributed by atoms with E-state index in [4.69, 9.17) is 5.11 Å². The number of ketones is 1. The van der Waals surface area contributed by atoms with Crippen molar-refractivity contribution in [1.82, 2.24) is 0 Å². The maximum absolute atomic E-state index is 11.2. The van der Waals surface area contributed by atoms with Gasteiger partial charge in [0.1, 0.15) is 6.54 Å². The number of carbonyl (C=O) groups excluding carboxylic acids is 1. The first kappa shape index (κ1) is 11.6. The van der Waals surface area contributed by atoms with Crippen LogP contribution in [0, 0.1) is 0 Å². The molecule has 0 rings (SSSR count). The van der Waals surface area contributed by atoms with Crippen LogP contribution in [0.25, 0.3) is 0 Å². The molecule has 0 aromatic rings. The van der Waals surface area contributed by atoms with E-state index in [2.05, 4.69) is 6.92 Å². The van der Waals surface area contributed by atoms with Crippen LogP contribution in [0.4, 0.5) is 0 Å². The molecule has 0 unspecified atom stereocenters. The monoisotopic (exact) mass is 174 g/mol. The SMILES string of the molecule is CC[N+](C)(C)CC(=O)CCCO. The van der Waals surface area contributed by atoms with Crippen LogP contribution >= 0.6 is 0 Å². The van der Waals surface area contributed by atoms with Gasteiger partial charge >= 0.3 is 0 Å². The molecule has 0 amide bonds. The summed E-state index contributed by atoms with van der Waals surface area (Å²) in [5.74, 6) is 0.246. The van der Waals surface area contributed by atoms with Gasteiger partial charge in [0.05, 0.1) is 20.6 Å². The Balaban J connectivity index is 3.68. The van der Waals surface area contributed by atoms with Crippen LogP contribution in [0.1, 0.15) is 19.8 Å². The minimum absolute atomic E-state index is 0.116. The van der Waals surface area contributed by atoms with Crippen molar-refractivity contribution in [1.29, 1.82) is 0 Å². The van der Waals surface area contributed by atoms with Crippen LogP contribution in [-0.2, 0) is 4.79 Å². The van der Waals surface area contributed by atoms with Gasteiger partial charge in [0.2, 0.25) is 0 Å². The number of aliphatic hydroxyl groups is 1. The lowest BCUT2D eigenvalue weighted by Crippen LogP contribution is -2.43. The zero-order valence-corrected chi connectivity index (χ0v) is 8.34. The number of rotatable bonds is 6. The van der Waals surface area contributed by atoms with Crippen molar-refractivity contribution >= 4 is 5.78 Å². The van der Waals surface area contributed by atoms with Crippen LogP contribution in [0.2, 0.25) is 0 Å². The third-order valence-electron chi connectivity index (χ3n) is 2.07. The number of carbonyl (C=O) groups is 1. The summed E-state index contributed by atoms with van der Waals surface area (Å²) in [7, 11) is 4.08. The highest BCUT2D eigenvalue weighted by atomic mass is 16.3. The highest BCUT2D eigenvalue weighted by Gasteiger charge is 2.16. The van der Waals surface area contributed by atoms with E-state index >= 15 is 0 Å². The number of likely N-dealkylation sites (N-methyl/N-ethyl adjacent to an activating group) is 1. The molecule has 0 fully saturated rings. The number of nitrogens with zero attached hydrogens (tertiary/aromatic N) is 1. The Bertz CT molecular complexity index is 143. The molecule has 0 aliphatic carbocycles. The van der Waals surface area contributed by atoms with Gasteiger partial charge in [-0.15, -0.1) is 0 Å². The summed E-state index contributed by atoms with van der Waals surface area (Å²) in [6, 6.07) is 0. The van der Waals surface area contributed by atoms with E-state index in [1.54, 1.807) is 0 Å². The fraction of sp³-hybridized carbons (Fsp3) is 0.889. The van der Waals surface area contributed by atoms with Crippen molar-refractivity contribution in [2.45, 2.75) is 19.8 Å². The Hall–Kier alpha value is -0.410. The molecule has 3 nitrogen and oxygen atoms in total. The Morgan fingerprint density at radius 2 is 2.00 bits per heavy atom.